The molecule has 1 heterocycles. The van der Waals surface area contributed by atoms with E-state index in [1.54, 1.807) is 0 Å². The minimum absolute atomic E-state index is 0.605. The molecule has 2 atom stereocenters. The fourth-order valence-corrected chi connectivity index (χ4v) is 3.26. The van der Waals surface area contributed by atoms with Gasteiger partial charge in [0.15, 0.2) is 0 Å². The van der Waals surface area contributed by atoms with Gasteiger partial charge in [-0.3, -0.25) is 4.90 Å². The number of rotatable bonds is 3. The Morgan fingerprint density at radius 2 is 1.72 bits per heavy atom. The first-order valence-electron chi connectivity index (χ1n) is 6.92. The highest BCUT2D eigenvalue weighted by molar-refractivity contribution is 5.31. The number of hydrogen-bond donors (Lipinski definition) is 0. The Labute approximate surface area is 112 Å². The second kappa shape index (κ2) is 5.41. The minimum Gasteiger partial charge on any atom is -0.308 e. The van der Waals surface area contributed by atoms with Crippen LogP contribution >= 0.6 is 0 Å². The molecule has 1 aromatic rings. The molecule has 0 aromatic heterocycles. The normalized spacial score (nSPS) is 25.0. The maximum absolute atomic E-state index is 2.56. The molecule has 18 heavy (non-hydrogen) atoms. The van der Waals surface area contributed by atoms with E-state index in [4.69, 9.17) is 0 Å². The average molecular weight is 246 g/mol. The lowest BCUT2D eigenvalue weighted by molar-refractivity contribution is 0.202. The second-order valence-electron chi connectivity index (χ2n) is 6.10. The summed E-state index contributed by atoms with van der Waals surface area (Å²) in [7, 11) is 6.61. The van der Waals surface area contributed by atoms with Crippen molar-refractivity contribution in [1.82, 2.24) is 9.80 Å². The zero-order valence-electron chi connectivity index (χ0n) is 12.4. The zero-order chi connectivity index (χ0) is 13.3. The largest absolute Gasteiger partial charge is 0.308 e. The van der Waals surface area contributed by atoms with Crippen LogP contribution < -0.4 is 0 Å². The Morgan fingerprint density at radius 3 is 2.28 bits per heavy atom. The van der Waals surface area contributed by atoms with Crippen molar-refractivity contribution in [2.75, 3.05) is 27.7 Å². The van der Waals surface area contributed by atoms with E-state index in [1.807, 2.05) is 0 Å². The number of likely N-dealkylation sites (N-methyl/N-ethyl adjacent to an activating group) is 2. The van der Waals surface area contributed by atoms with Crippen LogP contribution in [0.3, 0.4) is 0 Å². The van der Waals surface area contributed by atoms with Gasteiger partial charge in [-0.25, -0.2) is 0 Å². The summed E-state index contributed by atoms with van der Waals surface area (Å²) in [6.07, 6.45) is 2.60. The third-order valence-electron chi connectivity index (χ3n) is 4.05. The summed E-state index contributed by atoms with van der Waals surface area (Å²) in [6.45, 7) is 5.56. The van der Waals surface area contributed by atoms with E-state index in [0.29, 0.717) is 12.1 Å². The minimum atomic E-state index is 0.605. The average Bonchev–Trinajstić information content (AvgIpc) is 2.58. The molecule has 100 valence electrons. The van der Waals surface area contributed by atoms with Crippen molar-refractivity contribution in [2.45, 2.75) is 38.8 Å². The van der Waals surface area contributed by atoms with Gasteiger partial charge in [0.1, 0.15) is 0 Å². The Balaban J connectivity index is 2.15. The van der Waals surface area contributed by atoms with E-state index in [9.17, 15) is 0 Å². The third-order valence-corrected chi connectivity index (χ3v) is 4.05. The van der Waals surface area contributed by atoms with Crippen LogP contribution in [0, 0.1) is 13.8 Å². The summed E-state index contributed by atoms with van der Waals surface area (Å²) in [4.78, 5) is 4.86. The van der Waals surface area contributed by atoms with Crippen LogP contribution in [0.2, 0.25) is 0 Å². The van der Waals surface area contributed by atoms with E-state index >= 15 is 0 Å². The van der Waals surface area contributed by atoms with Crippen LogP contribution in [0.25, 0.3) is 0 Å². The number of hydrogen-bond acceptors (Lipinski definition) is 2. The smallest absolute Gasteiger partial charge is 0.0349 e. The summed E-state index contributed by atoms with van der Waals surface area (Å²) in [6, 6.07) is 8.27. The van der Waals surface area contributed by atoms with Gasteiger partial charge in [-0.2, -0.15) is 0 Å². The van der Waals surface area contributed by atoms with E-state index in [-0.39, 0.29) is 0 Å². The van der Waals surface area contributed by atoms with Crippen molar-refractivity contribution in [3.63, 3.8) is 0 Å². The zero-order valence-corrected chi connectivity index (χ0v) is 12.4. The summed E-state index contributed by atoms with van der Waals surface area (Å²) in [5.41, 5.74) is 4.26. The number of benzene rings is 1. The second-order valence-corrected chi connectivity index (χ2v) is 6.10. The van der Waals surface area contributed by atoms with E-state index in [0.717, 1.165) is 6.54 Å². The molecule has 2 nitrogen and oxygen atoms in total. The molecule has 1 aliphatic heterocycles. The fraction of sp³-hybridized carbons (Fsp3) is 0.625. The van der Waals surface area contributed by atoms with Crippen molar-refractivity contribution < 1.29 is 0 Å². The Bertz CT molecular complexity index is 391. The maximum atomic E-state index is 2.56. The molecule has 0 saturated carbocycles. The lowest BCUT2D eigenvalue weighted by Gasteiger charge is -2.28. The van der Waals surface area contributed by atoms with Crippen LogP contribution in [0.5, 0.6) is 0 Å². The molecule has 2 heteroatoms. The van der Waals surface area contributed by atoms with Gasteiger partial charge in [-0.15, -0.1) is 0 Å². The molecule has 1 aliphatic rings. The fourth-order valence-electron chi connectivity index (χ4n) is 3.26. The Hall–Kier alpha value is -0.860. The maximum Gasteiger partial charge on any atom is 0.0349 e. The lowest BCUT2D eigenvalue weighted by Crippen LogP contribution is -2.36. The molecule has 0 radical (unpaired) electrons. The predicted octanol–water partition coefficient (Wildman–Crippen LogP) is 3.00. The number of aryl methyl sites for hydroxylation is 2. The molecule has 0 N–H and O–H groups in total. The van der Waals surface area contributed by atoms with Crippen LogP contribution in [0.15, 0.2) is 18.2 Å². The first-order chi connectivity index (χ1) is 8.47. The predicted molar refractivity (Wildman–Crippen MR) is 78.0 cm³/mol. The van der Waals surface area contributed by atoms with Gasteiger partial charge in [0.25, 0.3) is 0 Å². The summed E-state index contributed by atoms with van der Waals surface area (Å²) in [5, 5.41) is 0. The molecule has 2 rings (SSSR count). The molecule has 1 aromatic carbocycles. The van der Waals surface area contributed by atoms with Crippen molar-refractivity contribution in [3.05, 3.63) is 34.9 Å². The quantitative estimate of drug-likeness (QED) is 0.809. The summed E-state index contributed by atoms with van der Waals surface area (Å²) < 4.78 is 0. The van der Waals surface area contributed by atoms with Gasteiger partial charge < -0.3 is 4.90 Å². The van der Waals surface area contributed by atoms with Gasteiger partial charge in [-0.05, 0) is 53.4 Å². The number of likely N-dealkylation sites (tertiary alicyclic amines) is 1. The highest BCUT2D eigenvalue weighted by atomic mass is 15.2. The first kappa shape index (κ1) is 13.6. The van der Waals surface area contributed by atoms with Gasteiger partial charge in [-0.1, -0.05) is 29.3 Å². The van der Waals surface area contributed by atoms with Gasteiger partial charge in [0, 0.05) is 18.6 Å². The lowest BCUT2D eigenvalue weighted by atomic mass is 10.00. The topological polar surface area (TPSA) is 6.48 Å². The van der Waals surface area contributed by atoms with Crippen LogP contribution in [-0.4, -0.2) is 43.5 Å². The molecule has 0 aliphatic carbocycles. The molecule has 1 fully saturated rings. The van der Waals surface area contributed by atoms with Crippen molar-refractivity contribution in [3.8, 4) is 0 Å². The summed E-state index contributed by atoms with van der Waals surface area (Å²) >= 11 is 0. The molecule has 0 spiro atoms. The molecule has 0 bridgehead atoms. The van der Waals surface area contributed by atoms with Crippen molar-refractivity contribution in [2.24, 2.45) is 0 Å². The van der Waals surface area contributed by atoms with Gasteiger partial charge >= 0.3 is 0 Å². The molecule has 1 saturated heterocycles. The monoisotopic (exact) mass is 246 g/mol. The molecular weight excluding hydrogens is 220 g/mol. The first-order valence-corrected chi connectivity index (χ1v) is 6.92. The van der Waals surface area contributed by atoms with Gasteiger partial charge in [0.2, 0.25) is 0 Å². The van der Waals surface area contributed by atoms with E-state index < -0.39 is 0 Å². The van der Waals surface area contributed by atoms with Crippen LogP contribution in [-0.2, 0) is 0 Å². The van der Waals surface area contributed by atoms with Crippen molar-refractivity contribution in [1.29, 1.82) is 0 Å². The van der Waals surface area contributed by atoms with E-state index in [1.165, 1.54) is 29.5 Å². The number of nitrogens with zero attached hydrogens (tertiary/aromatic N) is 2. The standard InChI is InChI=1S/C16H26N2/c1-12-8-13(2)10-14(9-12)16-7-6-15(18(16)5)11-17(3)4/h8-10,15-16H,6-7,11H2,1-5H3/t15-,16+/m0/s1. The van der Waals surface area contributed by atoms with Crippen LogP contribution in [0.1, 0.15) is 35.6 Å². The Kier molecular flexibility index (Phi) is 4.08. The third kappa shape index (κ3) is 2.93. The van der Waals surface area contributed by atoms with Crippen molar-refractivity contribution >= 4 is 0 Å². The van der Waals surface area contributed by atoms with E-state index in [2.05, 4.69) is 63.0 Å². The van der Waals surface area contributed by atoms with Gasteiger partial charge in [0.05, 0.1) is 0 Å². The molecular formula is C16H26N2. The highest BCUT2D eigenvalue weighted by Crippen LogP contribution is 2.35. The Morgan fingerprint density at radius 1 is 1.11 bits per heavy atom. The SMILES string of the molecule is Cc1cc(C)cc([C@H]2CC[C@@H](CN(C)C)N2C)c1. The van der Waals surface area contributed by atoms with Crippen LogP contribution in [0.4, 0.5) is 0 Å². The highest BCUT2D eigenvalue weighted by Gasteiger charge is 2.31. The molecule has 0 amide bonds. The summed E-state index contributed by atoms with van der Waals surface area (Å²) in [5.74, 6) is 0. The molecule has 0 unspecified atom stereocenters.